The van der Waals surface area contributed by atoms with Crippen molar-refractivity contribution in [2.75, 3.05) is 44.4 Å². The van der Waals surface area contributed by atoms with Crippen molar-refractivity contribution in [3.05, 3.63) is 70.1 Å². The first kappa shape index (κ1) is 21.1. The van der Waals surface area contributed by atoms with E-state index < -0.39 is 0 Å². The van der Waals surface area contributed by atoms with Gasteiger partial charge in [-0.3, -0.25) is 9.59 Å². The number of rotatable bonds is 4. The molecule has 7 nitrogen and oxygen atoms in total. The third-order valence-electron chi connectivity index (χ3n) is 5.28. The van der Waals surface area contributed by atoms with Crippen LogP contribution in [0, 0.1) is 0 Å². The molecule has 2 aliphatic heterocycles. The van der Waals surface area contributed by atoms with E-state index in [-0.39, 0.29) is 11.3 Å². The number of amides is 1. The van der Waals surface area contributed by atoms with Gasteiger partial charge in [-0.05, 0) is 24.6 Å². The van der Waals surface area contributed by atoms with Crippen molar-refractivity contribution in [2.45, 2.75) is 6.92 Å². The van der Waals surface area contributed by atoms with E-state index in [1.165, 1.54) is 17.4 Å². The highest BCUT2D eigenvalue weighted by Crippen LogP contribution is 2.34. The summed E-state index contributed by atoms with van der Waals surface area (Å²) in [5.74, 6) is 0.732. The van der Waals surface area contributed by atoms with E-state index >= 15 is 0 Å². The standard InChI is InChI=1S/C23H24N2O5S/c1-4-16(12-18-15(3)29-11-8-25(18)20(27)5-2)17-14-31-23-19(26)13-21(30-22(17)23)24-6-9-28-10-7-24/h4-5,12-14H,2-3,6-11H2,1H3/b16-4+,18-12+. The number of morpholine rings is 2. The summed E-state index contributed by atoms with van der Waals surface area (Å²) in [7, 11) is 0. The summed E-state index contributed by atoms with van der Waals surface area (Å²) in [5, 5.41) is 1.90. The lowest BCUT2D eigenvalue weighted by Crippen LogP contribution is -2.37. The third kappa shape index (κ3) is 4.08. The number of allylic oxidation sites excluding steroid dienone is 3. The molecule has 0 spiro atoms. The largest absolute Gasteiger partial charge is 0.490 e. The number of hydrogen-bond donors (Lipinski definition) is 0. The topological polar surface area (TPSA) is 72.2 Å². The molecule has 2 fully saturated rings. The fraction of sp³-hybridized carbons (Fsp3) is 0.304. The number of fused-ring (bicyclic) bond motifs is 1. The summed E-state index contributed by atoms with van der Waals surface area (Å²) >= 11 is 1.34. The number of carbonyl (C=O) groups excluding carboxylic acids is 1. The second-order valence-electron chi connectivity index (χ2n) is 7.10. The average Bonchev–Trinajstić information content (AvgIpc) is 3.22. The van der Waals surface area contributed by atoms with Gasteiger partial charge in [0.25, 0.3) is 5.91 Å². The first-order chi connectivity index (χ1) is 15.0. The number of nitrogens with zero attached hydrogens (tertiary/aromatic N) is 2. The van der Waals surface area contributed by atoms with Crippen LogP contribution in [-0.2, 0) is 14.3 Å². The SMILES string of the molecule is C=CC(=O)N1CCOC(=C)/C1=C\C(=C/C)c1csc2c(=O)cc(N3CCOCC3)oc12. The van der Waals surface area contributed by atoms with Crippen LogP contribution in [0.1, 0.15) is 12.5 Å². The lowest BCUT2D eigenvalue weighted by atomic mass is 10.1. The Bertz CT molecular complexity index is 1150. The monoisotopic (exact) mass is 440 g/mol. The molecule has 0 saturated carbocycles. The van der Waals surface area contributed by atoms with Crippen LogP contribution in [0.4, 0.5) is 5.88 Å². The number of anilines is 1. The molecule has 0 N–H and O–H groups in total. The molecule has 0 atom stereocenters. The molecular formula is C23H24N2O5S. The van der Waals surface area contributed by atoms with Crippen molar-refractivity contribution >= 4 is 39.0 Å². The Hall–Kier alpha value is -3.10. The molecule has 8 heteroatoms. The van der Waals surface area contributed by atoms with Gasteiger partial charge in [-0.1, -0.05) is 19.2 Å². The Balaban J connectivity index is 1.79. The molecule has 0 radical (unpaired) electrons. The molecule has 2 saturated heterocycles. The number of carbonyl (C=O) groups is 1. The second-order valence-corrected chi connectivity index (χ2v) is 7.97. The van der Waals surface area contributed by atoms with Gasteiger partial charge in [-0.15, -0.1) is 11.3 Å². The quantitative estimate of drug-likeness (QED) is 0.678. The van der Waals surface area contributed by atoms with Crippen LogP contribution < -0.4 is 10.3 Å². The van der Waals surface area contributed by atoms with Gasteiger partial charge in [0, 0.05) is 30.1 Å². The van der Waals surface area contributed by atoms with Crippen LogP contribution in [0.2, 0.25) is 0 Å². The smallest absolute Gasteiger partial charge is 0.250 e. The second kappa shape index (κ2) is 8.95. The zero-order chi connectivity index (χ0) is 22.0. The minimum absolute atomic E-state index is 0.0732. The van der Waals surface area contributed by atoms with Crippen LogP contribution in [-0.4, -0.2) is 50.3 Å². The molecule has 4 heterocycles. The van der Waals surface area contributed by atoms with Crippen molar-refractivity contribution in [3.8, 4) is 0 Å². The average molecular weight is 441 g/mol. The molecule has 0 aliphatic carbocycles. The summed E-state index contributed by atoms with van der Waals surface area (Å²) in [6, 6.07) is 1.54. The maximum absolute atomic E-state index is 12.7. The molecule has 2 aliphatic rings. The molecule has 2 aromatic heterocycles. The van der Waals surface area contributed by atoms with Crippen molar-refractivity contribution in [1.82, 2.24) is 4.90 Å². The molecule has 0 bridgehead atoms. The van der Waals surface area contributed by atoms with Crippen LogP contribution >= 0.6 is 11.3 Å². The summed E-state index contributed by atoms with van der Waals surface area (Å²) < 4.78 is 17.7. The lowest BCUT2D eigenvalue weighted by Gasteiger charge is -2.30. The maximum atomic E-state index is 12.7. The first-order valence-electron chi connectivity index (χ1n) is 10.1. The van der Waals surface area contributed by atoms with Gasteiger partial charge in [0.1, 0.15) is 17.1 Å². The summed E-state index contributed by atoms with van der Waals surface area (Å²) in [6.07, 6.45) is 5.02. The van der Waals surface area contributed by atoms with Crippen LogP contribution in [0.3, 0.4) is 0 Å². The Morgan fingerprint density at radius 2 is 2.00 bits per heavy atom. The number of ether oxygens (including phenoxy) is 2. The summed E-state index contributed by atoms with van der Waals surface area (Å²) in [4.78, 5) is 28.7. The molecular weight excluding hydrogens is 416 g/mol. The van der Waals surface area contributed by atoms with Crippen LogP contribution in [0.15, 0.2) is 63.5 Å². The van der Waals surface area contributed by atoms with E-state index in [0.29, 0.717) is 67.1 Å². The Morgan fingerprint density at radius 3 is 2.71 bits per heavy atom. The fourth-order valence-electron chi connectivity index (χ4n) is 3.64. The highest BCUT2D eigenvalue weighted by Gasteiger charge is 2.25. The lowest BCUT2D eigenvalue weighted by molar-refractivity contribution is -0.125. The van der Waals surface area contributed by atoms with Gasteiger partial charge in [0.05, 0.1) is 25.5 Å². The molecule has 31 heavy (non-hydrogen) atoms. The zero-order valence-electron chi connectivity index (χ0n) is 17.4. The maximum Gasteiger partial charge on any atom is 0.250 e. The first-order valence-corrected chi connectivity index (χ1v) is 10.9. The number of hydrogen-bond acceptors (Lipinski definition) is 7. The minimum Gasteiger partial charge on any atom is -0.490 e. The van der Waals surface area contributed by atoms with E-state index in [0.717, 1.165) is 11.1 Å². The van der Waals surface area contributed by atoms with Gasteiger partial charge >= 0.3 is 0 Å². The van der Waals surface area contributed by atoms with E-state index in [9.17, 15) is 9.59 Å². The van der Waals surface area contributed by atoms with Gasteiger partial charge < -0.3 is 23.7 Å². The predicted molar refractivity (Wildman–Crippen MR) is 122 cm³/mol. The minimum atomic E-state index is -0.220. The van der Waals surface area contributed by atoms with Crippen molar-refractivity contribution < 1.29 is 18.7 Å². The fourth-order valence-corrected chi connectivity index (χ4v) is 4.55. The van der Waals surface area contributed by atoms with Gasteiger partial charge in [-0.2, -0.15) is 0 Å². The van der Waals surface area contributed by atoms with E-state index in [1.54, 1.807) is 11.0 Å². The molecule has 0 unspecified atom stereocenters. The Labute approximate surface area is 184 Å². The molecule has 2 aromatic rings. The van der Waals surface area contributed by atoms with Crippen LogP contribution in [0.5, 0.6) is 0 Å². The van der Waals surface area contributed by atoms with Crippen LogP contribution in [0.25, 0.3) is 15.9 Å². The predicted octanol–water partition coefficient (Wildman–Crippen LogP) is 3.54. The molecule has 0 aromatic carbocycles. The van der Waals surface area contributed by atoms with E-state index in [4.69, 9.17) is 13.9 Å². The normalized spacial score (nSPS) is 19.1. The van der Waals surface area contributed by atoms with E-state index in [2.05, 4.69) is 13.2 Å². The summed E-state index contributed by atoms with van der Waals surface area (Å²) in [6.45, 7) is 12.7. The Kier molecular flexibility index (Phi) is 6.11. The molecule has 162 valence electrons. The van der Waals surface area contributed by atoms with Gasteiger partial charge in [0.2, 0.25) is 5.43 Å². The highest BCUT2D eigenvalue weighted by molar-refractivity contribution is 7.17. The highest BCUT2D eigenvalue weighted by atomic mass is 32.1. The number of thiophene rings is 1. The third-order valence-corrected chi connectivity index (χ3v) is 6.25. The van der Waals surface area contributed by atoms with Gasteiger partial charge in [-0.25, -0.2) is 0 Å². The summed E-state index contributed by atoms with van der Waals surface area (Å²) in [5.41, 5.74) is 2.61. The molecule has 4 rings (SSSR count). The van der Waals surface area contributed by atoms with E-state index in [1.807, 2.05) is 29.4 Å². The van der Waals surface area contributed by atoms with Crippen molar-refractivity contribution in [2.24, 2.45) is 0 Å². The Morgan fingerprint density at radius 1 is 1.23 bits per heavy atom. The van der Waals surface area contributed by atoms with Crippen molar-refractivity contribution in [3.63, 3.8) is 0 Å². The van der Waals surface area contributed by atoms with Gasteiger partial charge in [0.15, 0.2) is 11.5 Å². The van der Waals surface area contributed by atoms with Crippen molar-refractivity contribution in [1.29, 1.82) is 0 Å². The zero-order valence-corrected chi connectivity index (χ0v) is 18.2. The molecule has 1 amide bonds.